The zero-order valence-corrected chi connectivity index (χ0v) is 19.3. The summed E-state index contributed by atoms with van der Waals surface area (Å²) in [4.78, 5) is 47.2. The number of hydrogen-bond acceptors (Lipinski definition) is 12. The van der Waals surface area contributed by atoms with Crippen LogP contribution in [0.1, 0.15) is 27.2 Å². The number of carbonyl (C=O) groups excluding carboxylic acids is 4. The maximum absolute atomic E-state index is 11.9. The lowest BCUT2D eigenvalue weighted by Gasteiger charge is -2.45. The molecule has 0 radical (unpaired) electrons. The second-order valence-corrected chi connectivity index (χ2v) is 7.02. The van der Waals surface area contributed by atoms with Gasteiger partial charge in [0.1, 0.15) is 12.1 Å². The molecule has 1 fully saturated rings. The van der Waals surface area contributed by atoms with E-state index >= 15 is 0 Å². The number of hydrogen-bond donors (Lipinski definition) is 2. The number of methoxy groups -OCH3 is 1. The number of rotatable bonds is 14. The first-order valence-corrected chi connectivity index (χ1v) is 10.4. The molecule has 0 aromatic rings. The number of esters is 3. The van der Waals surface area contributed by atoms with Crippen LogP contribution in [0.4, 0.5) is 0 Å². The molecule has 1 aliphatic heterocycles. The quantitative estimate of drug-likeness (QED) is 0.172. The van der Waals surface area contributed by atoms with Crippen LogP contribution in [-0.4, -0.2) is 106 Å². The summed E-state index contributed by atoms with van der Waals surface area (Å²) >= 11 is 0. The summed E-state index contributed by atoms with van der Waals surface area (Å²) in [6.07, 6.45) is -4.96. The third-order valence-corrected chi connectivity index (χ3v) is 4.33. The van der Waals surface area contributed by atoms with Gasteiger partial charge in [0.05, 0.1) is 53.2 Å². The van der Waals surface area contributed by atoms with Crippen molar-refractivity contribution >= 4 is 23.8 Å². The average Bonchev–Trinajstić information content (AvgIpc) is 2.73. The summed E-state index contributed by atoms with van der Waals surface area (Å²) in [5.74, 6) is -2.52. The van der Waals surface area contributed by atoms with Gasteiger partial charge < -0.3 is 43.6 Å². The Labute approximate surface area is 191 Å². The minimum Gasteiger partial charge on any atom is -0.469 e. The molecule has 0 bridgehead atoms. The zero-order valence-electron chi connectivity index (χ0n) is 19.3. The highest BCUT2D eigenvalue weighted by Gasteiger charge is 2.51. The SMILES string of the molecule is COC(=O)C[C@H]1O[C@@H](OCCOCCOCCO)[C@H](NC(C)=O)[C@@H](OC(C)=O)[C@@H]1OC(C)=O. The fourth-order valence-corrected chi connectivity index (χ4v) is 3.12. The van der Waals surface area contributed by atoms with Gasteiger partial charge in [0.2, 0.25) is 5.91 Å². The lowest BCUT2D eigenvalue weighted by molar-refractivity contribution is -0.274. The largest absolute Gasteiger partial charge is 0.469 e. The Hall–Kier alpha value is -2.32. The molecule has 0 saturated carbocycles. The molecule has 0 aromatic heterocycles. The van der Waals surface area contributed by atoms with Gasteiger partial charge in [-0.05, 0) is 0 Å². The fraction of sp³-hybridized carbons (Fsp3) is 0.800. The van der Waals surface area contributed by atoms with Gasteiger partial charge in [-0.1, -0.05) is 0 Å². The normalized spacial score (nSPS) is 24.6. The number of ether oxygens (including phenoxy) is 7. The molecule has 1 rings (SSSR count). The maximum Gasteiger partial charge on any atom is 0.308 e. The molecule has 13 heteroatoms. The lowest BCUT2D eigenvalue weighted by Crippen LogP contribution is -2.66. The molecular weight excluding hydrogens is 446 g/mol. The summed E-state index contributed by atoms with van der Waals surface area (Å²) < 4.78 is 37.3. The third kappa shape index (κ3) is 10.9. The Kier molecular flexibility index (Phi) is 13.5. The number of aliphatic hydroxyl groups is 1. The second kappa shape index (κ2) is 15.5. The van der Waals surface area contributed by atoms with E-state index < -0.39 is 54.5 Å². The Morgan fingerprint density at radius 2 is 1.45 bits per heavy atom. The predicted molar refractivity (Wildman–Crippen MR) is 109 cm³/mol. The van der Waals surface area contributed by atoms with E-state index in [1.54, 1.807) is 0 Å². The summed E-state index contributed by atoms with van der Waals surface area (Å²) in [6.45, 7) is 4.39. The minimum absolute atomic E-state index is 0.0245. The second-order valence-electron chi connectivity index (χ2n) is 7.02. The summed E-state index contributed by atoms with van der Waals surface area (Å²) in [6, 6.07) is -1.04. The lowest BCUT2D eigenvalue weighted by atomic mass is 9.94. The Balaban J connectivity index is 2.98. The number of nitrogens with one attached hydrogen (secondary N) is 1. The van der Waals surface area contributed by atoms with E-state index in [2.05, 4.69) is 10.1 Å². The van der Waals surface area contributed by atoms with E-state index in [1.807, 2.05) is 0 Å². The van der Waals surface area contributed by atoms with Gasteiger partial charge in [0.25, 0.3) is 0 Å². The first-order chi connectivity index (χ1) is 15.7. The maximum atomic E-state index is 11.9. The molecule has 13 nitrogen and oxygen atoms in total. The van der Waals surface area contributed by atoms with Gasteiger partial charge in [-0.15, -0.1) is 0 Å². The van der Waals surface area contributed by atoms with E-state index in [9.17, 15) is 19.2 Å². The summed E-state index contributed by atoms with van der Waals surface area (Å²) in [5, 5.41) is 11.3. The van der Waals surface area contributed by atoms with Crippen LogP contribution in [0.3, 0.4) is 0 Å². The van der Waals surface area contributed by atoms with Crippen LogP contribution in [0, 0.1) is 0 Å². The average molecular weight is 479 g/mol. The van der Waals surface area contributed by atoms with Crippen molar-refractivity contribution in [3.05, 3.63) is 0 Å². The topological polar surface area (TPSA) is 165 Å². The van der Waals surface area contributed by atoms with Crippen LogP contribution in [0.2, 0.25) is 0 Å². The van der Waals surface area contributed by atoms with Crippen molar-refractivity contribution in [1.82, 2.24) is 5.32 Å². The predicted octanol–water partition coefficient (Wildman–Crippen LogP) is -1.32. The third-order valence-electron chi connectivity index (χ3n) is 4.33. The Morgan fingerprint density at radius 1 is 0.879 bits per heavy atom. The van der Waals surface area contributed by atoms with Crippen LogP contribution >= 0.6 is 0 Å². The standard InChI is InChI=1S/C20H33NO12/c1-12(23)21-17-19(32-14(3)25)18(31-13(2)24)15(11-16(26)27-4)33-20(17)30-10-9-29-8-7-28-6-5-22/h15,17-20,22H,5-11H2,1-4H3,(H,21,23)/t15-,17-,18-,19-,20-/m1/s1. The highest BCUT2D eigenvalue weighted by atomic mass is 16.7. The van der Waals surface area contributed by atoms with Gasteiger partial charge in [0, 0.05) is 20.8 Å². The van der Waals surface area contributed by atoms with Gasteiger partial charge in [-0.3, -0.25) is 19.2 Å². The van der Waals surface area contributed by atoms with Crippen LogP contribution in [0.25, 0.3) is 0 Å². The molecule has 33 heavy (non-hydrogen) atoms. The zero-order chi connectivity index (χ0) is 24.8. The van der Waals surface area contributed by atoms with Crippen molar-refractivity contribution in [3.63, 3.8) is 0 Å². The van der Waals surface area contributed by atoms with Crippen molar-refractivity contribution < 1.29 is 57.4 Å². The first-order valence-electron chi connectivity index (χ1n) is 10.4. The Bertz CT molecular complexity index is 643. The molecule has 0 aliphatic carbocycles. The van der Waals surface area contributed by atoms with Crippen molar-refractivity contribution in [2.75, 3.05) is 46.8 Å². The molecule has 0 unspecified atom stereocenters. The van der Waals surface area contributed by atoms with Gasteiger partial charge in [-0.25, -0.2) is 0 Å². The van der Waals surface area contributed by atoms with Crippen molar-refractivity contribution in [1.29, 1.82) is 0 Å². The molecule has 1 saturated heterocycles. The number of aliphatic hydroxyl groups excluding tert-OH is 1. The van der Waals surface area contributed by atoms with Crippen molar-refractivity contribution in [3.8, 4) is 0 Å². The van der Waals surface area contributed by atoms with Gasteiger partial charge in [-0.2, -0.15) is 0 Å². The molecule has 1 amide bonds. The molecule has 5 atom stereocenters. The van der Waals surface area contributed by atoms with Crippen LogP contribution < -0.4 is 5.32 Å². The van der Waals surface area contributed by atoms with Crippen molar-refractivity contribution in [2.45, 2.75) is 57.8 Å². The van der Waals surface area contributed by atoms with E-state index in [0.717, 1.165) is 13.8 Å². The molecule has 1 aliphatic rings. The van der Waals surface area contributed by atoms with E-state index in [1.165, 1.54) is 14.0 Å². The van der Waals surface area contributed by atoms with Crippen LogP contribution in [0.15, 0.2) is 0 Å². The highest BCUT2D eigenvalue weighted by molar-refractivity contribution is 5.74. The van der Waals surface area contributed by atoms with Crippen LogP contribution in [-0.2, 0) is 52.3 Å². The monoisotopic (exact) mass is 479 g/mol. The van der Waals surface area contributed by atoms with E-state index in [4.69, 9.17) is 33.5 Å². The van der Waals surface area contributed by atoms with Gasteiger partial charge >= 0.3 is 17.9 Å². The van der Waals surface area contributed by atoms with E-state index in [-0.39, 0.29) is 46.1 Å². The molecular formula is C20H33NO12. The Morgan fingerprint density at radius 3 is 2.00 bits per heavy atom. The molecule has 1 heterocycles. The number of amides is 1. The summed E-state index contributed by atoms with van der Waals surface area (Å²) in [5.41, 5.74) is 0. The van der Waals surface area contributed by atoms with Crippen LogP contribution in [0.5, 0.6) is 0 Å². The molecule has 190 valence electrons. The molecule has 0 aromatic carbocycles. The molecule has 0 spiro atoms. The number of carbonyl (C=O) groups is 4. The summed E-state index contributed by atoms with van der Waals surface area (Å²) in [7, 11) is 1.19. The smallest absolute Gasteiger partial charge is 0.308 e. The first kappa shape index (κ1) is 28.7. The van der Waals surface area contributed by atoms with Gasteiger partial charge in [0.15, 0.2) is 18.5 Å². The molecule has 2 N–H and O–H groups in total. The fourth-order valence-electron chi connectivity index (χ4n) is 3.12. The minimum atomic E-state index is -1.21. The van der Waals surface area contributed by atoms with E-state index in [0.29, 0.717) is 0 Å². The highest BCUT2D eigenvalue weighted by Crippen LogP contribution is 2.29. The van der Waals surface area contributed by atoms with Crippen molar-refractivity contribution in [2.24, 2.45) is 0 Å².